The number of esters is 1. The number of halogens is 1. The van der Waals surface area contributed by atoms with Gasteiger partial charge in [0.15, 0.2) is 0 Å². The Kier molecular flexibility index (Phi) is 3.62. The maximum Gasteiger partial charge on any atom is 0.339 e. The number of methoxy groups -OCH3 is 1. The topological polar surface area (TPSA) is 43.6 Å². The van der Waals surface area contributed by atoms with Gasteiger partial charge in [0.1, 0.15) is 5.65 Å². The maximum absolute atomic E-state index is 11.9. The third-order valence-electron chi connectivity index (χ3n) is 3.75. The quantitative estimate of drug-likeness (QED) is 0.670. The molecule has 0 aliphatic carbocycles. The molecule has 4 nitrogen and oxygen atoms in total. The number of fused-ring (bicyclic) bond motifs is 1. The van der Waals surface area contributed by atoms with Gasteiger partial charge in [-0.1, -0.05) is 23.7 Å². The van der Waals surface area contributed by atoms with Gasteiger partial charge in [-0.3, -0.25) is 0 Å². The molecule has 5 heteroatoms. The van der Waals surface area contributed by atoms with E-state index in [0.717, 1.165) is 28.2 Å². The summed E-state index contributed by atoms with van der Waals surface area (Å²) in [5.74, 6) is -0.379. The van der Waals surface area contributed by atoms with Crippen LogP contribution in [0.1, 0.15) is 21.7 Å². The number of pyridine rings is 1. The van der Waals surface area contributed by atoms with Crippen LogP contribution in [0.5, 0.6) is 0 Å². The highest BCUT2D eigenvalue weighted by Crippen LogP contribution is 2.29. The van der Waals surface area contributed by atoms with E-state index >= 15 is 0 Å². The highest BCUT2D eigenvalue weighted by Gasteiger charge is 2.16. The van der Waals surface area contributed by atoms with Crippen LogP contribution in [-0.2, 0) is 4.74 Å². The van der Waals surface area contributed by atoms with Crippen molar-refractivity contribution >= 4 is 23.2 Å². The first-order valence-electron chi connectivity index (χ1n) is 6.85. The van der Waals surface area contributed by atoms with E-state index < -0.39 is 0 Å². The molecule has 3 rings (SSSR count). The minimum Gasteiger partial charge on any atom is -0.465 e. The van der Waals surface area contributed by atoms with Crippen molar-refractivity contribution in [1.29, 1.82) is 0 Å². The van der Waals surface area contributed by atoms with E-state index in [2.05, 4.69) is 4.98 Å². The van der Waals surface area contributed by atoms with Crippen LogP contribution >= 0.6 is 11.6 Å². The number of nitrogens with zero attached hydrogens (tertiary/aromatic N) is 2. The second-order valence-corrected chi connectivity index (χ2v) is 5.56. The molecule has 0 spiro atoms. The number of hydrogen-bond acceptors (Lipinski definition) is 3. The monoisotopic (exact) mass is 314 g/mol. The third-order valence-corrected chi connectivity index (χ3v) is 3.99. The number of aromatic nitrogens is 2. The van der Waals surface area contributed by atoms with E-state index in [9.17, 15) is 4.79 Å². The molecule has 0 saturated heterocycles. The first-order chi connectivity index (χ1) is 10.5. The number of aryl methyl sites for hydroxylation is 2. The molecule has 0 radical (unpaired) electrons. The van der Waals surface area contributed by atoms with E-state index in [4.69, 9.17) is 16.3 Å². The normalized spacial score (nSPS) is 10.9. The van der Waals surface area contributed by atoms with Gasteiger partial charge in [-0.05, 0) is 37.6 Å². The molecule has 2 aromatic heterocycles. The molecule has 0 amide bonds. The van der Waals surface area contributed by atoms with Crippen LogP contribution in [-0.4, -0.2) is 22.5 Å². The Hall–Kier alpha value is -2.33. The fourth-order valence-corrected chi connectivity index (χ4v) is 2.66. The molecule has 22 heavy (non-hydrogen) atoms. The highest BCUT2D eigenvalue weighted by molar-refractivity contribution is 6.30. The first-order valence-corrected chi connectivity index (χ1v) is 7.22. The number of imidazole rings is 1. The van der Waals surface area contributed by atoms with Crippen LogP contribution in [0.15, 0.2) is 36.5 Å². The molecular formula is C17H15ClN2O2. The molecule has 0 aliphatic rings. The van der Waals surface area contributed by atoms with Gasteiger partial charge in [-0.2, -0.15) is 0 Å². The predicted molar refractivity (Wildman–Crippen MR) is 86.5 cm³/mol. The van der Waals surface area contributed by atoms with E-state index in [1.165, 1.54) is 7.11 Å². The number of ether oxygens (including phenoxy) is 1. The molecule has 1 aromatic carbocycles. The number of carbonyl (C=O) groups excluding carboxylic acids is 1. The molecule has 0 atom stereocenters. The van der Waals surface area contributed by atoms with Crippen LogP contribution in [0.4, 0.5) is 0 Å². The summed E-state index contributed by atoms with van der Waals surface area (Å²) in [6.45, 7) is 3.92. The van der Waals surface area contributed by atoms with Gasteiger partial charge in [0, 0.05) is 22.5 Å². The van der Waals surface area contributed by atoms with Gasteiger partial charge in [-0.15, -0.1) is 0 Å². The SMILES string of the molecule is COC(=O)c1cc(-c2cccc(Cl)c2)c2nc(C)c(C)n2c1. The number of carbonyl (C=O) groups is 1. The molecule has 0 aliphatic heterocycles. The number of benzene rings is 1. The van der Waals surface area contributed by atoms with Gasteiger partial charge >= 0.3 is 5.97 Å². The number of hydrogen-bond donors (Lipinski definition) is 0. The largest absolute Gasteiger partial charge is 0.465 e. The van der Waals surface area contributed by atoms with Crippen molar-refractivity contribution in [3.63, 3.8) is 0 Å². The maximum atomic E-state index is 11.9. The van der Waals surface area contributed by atoms with Crippen LogP contribution in [0.2, 0.25) is 5.02 Å². The number of rotatable bonds is 2. The predicted octanol–water partition coefficient (Wildman–Crippen LogP) is 4.06. The average Bonchev–Trinajstić information content (AvgIpc) is 2.81. The van der Waals surface area contributed by atoms with Crippen LogP contribution in [0.3, 0.4) is 0 Å². The molecule has 112 valence electrons. The van der Waals surface area contributed by atoms with Gasteiger partial charge in [-0.25, -0.2) is 9.78 Å². The second kappa shape index (κ2) is 5.46. The fraction of sp³-hybridized carbons (Fsp3) is 0.176. The second-order valence-electron chi connectivity index (χ2n) is 5.12. The Balaban J connectivity index is 2.36. The zero-order chi connectivity index (χ0) is 15.9. The average molecular weight is 315 g/mol. The van der Waals surface area contributed by atoms with Crippen LogP contribution < -0.4 is 0 Å². The Morgan fingerprint density at radius 1 is 1.27 bits per heavy atom. The van der Waals surface area contributed by atoms with Gasteiger partial charge in [0.25, 0.3) is 0 Å². The van der Waals surface area contributed by atoms with Crippen molar-refractivity contribution in [2.45, 2.75) is 13.8 Å². The molecule has 2 heterocycles. The highest BCUT2D eigenvalue weighted by atomic mass is 35.5. The van der Waals surface area contributed by atoms with Crippen molar-refractivity contribution < 1.29 is 9.53 Å². The lowest BCUT2D eigenvalue weighted by Crippen LogP contribution is -2.04. The van der Waals surface area contributed by atoms with E-state index in [0.29, 0.717) is 10.6 Å². The van der Waals surface area contributed by atoms with Gasteiger partial charge < -0.3 is 9.14 Å². The zero-order valence-electron chi connectivity index (χ0n) is 12.6. The molecular weight excluding hydrogens is 300 g/mol. The summed E-state index contributed by atoms with van der Waals surface area (Å²) in [5.41, 5.74) is 4.94. The van der Waals surface area contributed by atoms with Gasteiger partial charge in [0.2, 0.25) is 0 Å². The summed E-state index contributed by atoms with van der Waals surface area (Å²) < 4.78 is 6.76. The summed E-state index contributed by atoms with van der Waals surface area (Å²) in [4.78, 5) is 16.6. The molecule has 3 aromatic rings. The van der Waals surface area contributed by atoms with Crippen LogP contribution in [0.25, 0.3) is 16.8 Å². The third kappa shape index (κ3) is 2.35. The smallest absolute Gasteiger partial charge is 0.339 e. The van der Waals surface area contributed by atoms with Crippen molar-refractivity contribution in [2.75, 3.05) is 7.11 Å². The minimum absolute atomic E-state index is 0.379. The van der Waals surface area contributed by atoms with Gasteiger partial charge in [0.05, 0.1) is 18.4 Å². The lowest BCUT2D eigenvalue weighted by Gasteiger charge is -2.09. The fourth-order valence-electron chi connectivity index (χ4n) is 2.47. The lowest BCUT2D eigenvalue weighted by molar-refractivity contribution is 0.0600. The standard InChI is InChI=1S/C17H15ClN2O2/c1-10-11(2)20-9-13(17(21)22-3)8-15(16(20)19-10)12-5-4-6-14(18)7-12/h4-9H,1-3H3. The summed E-state index contributed by atoms with van der Waals surface area (Å²) >= 11 is 6.09. The van der Waals surface area contributed by atoms with E-state index in [1.54, 1.807) is 12.3 Å². The van der Waals surface area contributed by atoms with Crippen LogP contribution in [0, 0.1) is 13.8 Å². The summed E-state index contributed by atoms with van der Waals surface area (Å²) in [7, 11) is 1.37. The van der Waals surface area contributed by atoms with E-state index in [1.807, 2.05) is 42.5 Å². The Labute approximate surface area is 133 Å². The molecule has 0 unspecified atom stereocenters. The molecule has 0 saturated carbocycles. The molecule has 0 N–H and O–H groups in total. The minimum atomic E-state index is -0.379. The summed E-state index contributed by atoms with van der Waals surface area (Å²) in [5, 5.41) is 0.638. The Morgan fingerprint density at radius 3 is 2.73 bits per heavy atom. The molecule has 0 fully saturated rings. The lowest BCUT2D eigenvalue weighted by atomic mass is 10.1. The van der Waals surface area contributed by atoms with Crippen molar-refractivity contribution in [1.82, 2.24) is 9.38 Å². The zero-order valence-corrected chi connectivity index (χ0v) is 13.3. The Bertz CT molecular complexity index is 884. The molecule has 0 bridgehead atoms. The summed E-state index contributed by atoms with van der Waals surface area (Å²) in [6, 6.07) is 9.29. The van der Waals surface area contributed by atoms with Crippen molar-refractivity contribution in [3.8, 4) is 11.1 Å². The Morgan fingerprint density at radius 2 is 2.05 bits per heavy atom. The summed E-state index contributed by atoms with van der Waals surface area (Å²) in [6.07, 6.45) is 1.75. The van der Waals surface area contributed by atoms with Crippen molar-refractivity contribution in [3.05, 3.63) is 58.5 Å². The van der Waals surface area contributed by atoms with E-state index in [-0.39, 0.29) is 5.97 Å². The van der Waals surface area contributed by atoms with Crippen molar-refractivity contribution in [2.24, 2.45) is 0 Å². The first kappa shape index (κ1) is 14.6.